The highest BCUT2D eigenvalue weighted by Crippen LogP contribution is 2.70. The molecular formula is C45H73NO16. The number of aliphatic hydroxyl groups is 9. The molecule has 0 amide bonds. The number of allylic oxidation sites excluding steroid dienone is 1. The first-order valence-electron chi connectivity index (χ1n) is 23.5. The second kappa shape index (κ2) is 17.3. The summed E-state index contributed by atoms with van der Waals surface area (Å²) in [6.07, 6.45) is -11.9. The van der Waals surface area contributed by atoms with Gasteiger partial charge in [-0.25, -0.2) is 0 Å². The SMILES string of the molecule is C[C@@H]1CC[C@@]2(NC1)O[C@H]1C[C@H]3[C@@H]4CC=C5C[C@H](O[C@H]6O[C@@H](CO)[C@@H](O)[C@@H](O[C@H]7O[C@@H](CO)[C@H](O)[C@@H](O)[C@@H]7O)[C@@H]6O[C@@H]6O[C@H](C)[C@@H](O)[C@H](O)[C@@H]6O)CC[C@@]5(C)[C@@H]4CC[C@@]3(C)[C@@H]1[C@@H]2C. The highest BCUT2D eigenvalue weighted by atomic mass is 16.8. The maximum atomic E-state index is 11.6. The highest BCUT2D eigenvalue weighted by molar-refractivity contribution is 5.26. The Kier molecular flexibility index (Phi) is 12.9. The molecule has 3 saturated carbocycles. The van der Waals surface area contributed by atoms with Crippen LogP contribution in [-0.4, -0.2) is 176 Å². The lowest BCUT2D eigenvalue weighted by Crippen LogP contribution is -2.67. The molecule has 17 heteroatoms. The Labute approximate surface area is 364 Å². The number of nitrogens with one attached hydrogen (secondary N) is 1. The summed E-state index contributed by atoms with van der Waals surface area (Å²) in [6.45, 7) is 10.8. The van der Waals surface area contributed by atoms with Crippen molar-refractivity contribution in [1.29, 1.82) is 0 Å². The third-order valence-electron chi connectivity index (χ3n) is 17.9. The number of fused-ring (bicyclic) bond motifs is 7. The monoisotopic (exact) mass is 883 g/mol. The summed E-state index contributed by atoms with van der Waals surface area (Å²) in [6, 6.07) is 0. The summed E-state index contributed by atoms with van der Waals surface area (Å²) in [5.74, 6) is 3.32. The molecule has 354 valence electrons. The minimum absolute atomic E-state index is 0.0361. The van der Waals surface area contributed by atoms with Crippen molar-refractivity contribution in [3.8, 4) is 0 Å². The molecule has 5 saturated heterocycles. The van der Waals surface area contributed by atoms with Crippen molar-refractivity contribution < 1.29 is 79.1 Å². The molecule has 8 fully saturated rings. The second-order valence-electron chi connectivity index (χ2n) is 21.2. The maximum absolute atomic E-state index is 11.6. The average molecular weight is 884 g/mol. The lowest BCUT2D eigenvalue weighted by molar-refractivity contribution is -0.394. The van der Waals surface area contributed by atoms with Gasteiger partial charge in [0, 0.05) is 12.5 Å². The molecule has 0 aromatic carbocycles. The first kappa shape index (κ1) is 46.2. The second-order valence-corrected chi connectivity index (χ2v) is 21.2. The standard InChI is InChI=1S/C45H73NO16/c1-19-8-13-45(46-16-19)20(2)30-27(62-45)15-26-24-7-6-22-14-23(9-11-43(22,4)25(24)10-12-44(26,30)5)57-42-39(61-40-36(54)34(52)31(49)21(3)56-40)38(33(51)29(18-48)59-42)60-41-37(55)35(53)32(50)28(17-47)58-41/h6,19-21,23-42,46-55H,7-18H2,1-5H3/t19-,20+,21-,23-,24-,25-,26+,27+,28+,29+,30-,31-,32+,33-,34+,35-,36+,37+,38-,39+,40+,41-,42+,43-,44-,45-/m1/s1. The van der Waals surface area contributed by atoms with Crippen LogP contribution < -0.4 is 5.32 Å². The van der Waals surface area contributed by atoms with Crippen LogP contribution in [0.25, 0.3) is 0 Å². The van der Waals surface area contributed by atoms with E-state index in [-0.39, 0.29) is 22.7 Å². The Morgan fingerprint density at radius 1 is 0.694 bits per heavy atom. The normalized spacial score (nSPS) is 57.6. The molecule has 17 nitrogen and oxygen atoms in total. The van der Waals surface area contributed by atoms with E-state index in [0.29, 0.717) is 48.3 Å². The van der Waals surface area contributed by atoms with E-state index in [1.54, 1.807) is 0 Å². The van der Waals surface area contributed by atoms with Gasteiger partial charge in [0.1, 0.15) is 72.9 Å². The summed E-state index contributed by atoms with van der Waals surface area (Å²) in [5, 5.41) is 99.7. The van der Waals surface area contributed by atoms with Gasteiger partial charge in [0.15, 0.2) is 18.9 Å². The first-order chi connectivity index (χ1) is 29.4. The highest BCUT2D eigenvalue weighted by Gasteiger charge is 2.68. The van der Waals surface area contributed by atoms with Gasteiger partial charge in [0.2, 0.25) is 0 Å². The van der Waals surface area contributed by atoms with Gasteiger partial charge in [-0.05, 0) is 105 Å². The van der Waals surface area contributed by atoms with Crippen LogP contribution in [0.4, 0.5) is 0 Å². The average Bonchev–Trinajstić information content (AvgIpc) is 3.70. The number of hydrogen-bond acceptors (Lipinski definition) is 17. The van der Waals surface area contributed by atoms with Crippen molar-refractivity contribution in [1.82, 2.24) is 5.32 Å². The summed E-state index contributed by atoms with van der Waals surface area (Å²) >= 11 is 0. The summed E-state index contributed by atoms with van der Waals surface area (Å²) < 4.78 is 43.9. The van der Waals surface area contributed by atoms with Crippen LogP contribution in [0.15, 0.2) is 11.6 Å². The Balaban J connectivity index is 0.940. The fourth-order valence-electron chi connectivity index (χ4n) is 14.2. The first-order valence-corrected chi connectivity index (χ1v) is 23.5. The summed E-state index contributed by atoms with van der Waals surface area (Å²) in [5.41, 5.74) is 1.32. The molecule has 62 heavy (non-hydrogen) atoms. The predicted octanol–water partition coefficient (Wildman–Crippen LogP) is -0.213. The number of piperidine rings is 1. The number of hydrogen-bond donors (Lipinski definition) is 10. The van der Waals surface area contributed by atoms with Crippen LogP contribution in [0, 0.1) is 46.3 Å². The molecule has 0 aromatic rings. The largest absolute Gasteiger partial charge is 0.394 e. The molecule has 0 unspecified atom stereocenters. The van der Waals surface area contributed by atoms with Gasteiger partial charge in [-0.15, -0.1) is 0 Å². The topological polar surface area (TPSA) is 259 Å². The molecule has 9 rings (SSSR count). The summed E-state index contributed by atoms with van der Waals surface area (Å²) in [4.78, 5) is 0. The van der Waals surface area contributed by atoms with Crippen LogP contribution in [0.1, 0.15) is 92.4 Å². The Morgan fingerprint density at radius 2 is 1.35 bits per heavy atom. The van der Waals surface area contributed by atoms with Gasteiger partial charge in [0.05, 0.1) is 31.5 Å². The summed E-state index contributed by atoms with van der Waals surface area (Å²) in [7, 11) is 0. The molecule has 1 spiro atoms. The van der Waals surface area contributed by atoms with Gasteiger partial charge < -0.3 is 79.1 Å². The van der Waals surface area contributed by atoms with Crippen molar-refractivity contribution in [3.05, 3.63) is 11.6 Å². The predicted molar refractivity (Wildman–Crippen MR) is 216 cm³/mol. The number of aliphatic hydroxyl groups excluding tert-OH is 9. The van der Waals surface area contributed by atoms with E-state index in [1.165, 1.54) is 25.3 Å². The van der Waals surface area contributed by atoms with Gasteiger partial charge in [-0.2, -0.15) is 0 Å². The Morgan fingerprint density at radius 3 is 2.05 bits per heavy atom. The van der Waals surface area contributed by atoms with E-state index in [2.05, 4.69) is 39.1 Å². The van der Waals surface area contributed by atoms with E-state index in [9.17, 15) is 46.0 Å². The number of ether oxygens (including phenoxy) is 7. The molecular weight excluding hydrogens is 810 g/mol. The minimum atomic E-state index is -1.84. The van der Waals surface area contributed by atoms with Crippen molar-refractivity contribution in [2.45, 2.75) is 202 Å². The van der Waals surface area contributed by atoms with Crippen molar-refractivity contribution >= 4 is 0 Å². The van der Waals surface area contributed by atoms with Crippen LogP contribution in [0.5, 0.6) is 0 Å². The molecule has 10 N–H and O–H groups in total. The van der Waals surface area contributed by atoms with Gasteiger partial charge in [-0.3, -0.25) is 5.32 Å². The van der Waals surface area contributed by atoms with Crippen molar-refractivity contribution in [2.75, 3.05) is 19.8 Å². The third kappa shape index (κ3) is 7.49. The molecule has 5 heterocycles. The maximum Gasteiger partial charge on any atom is 0.187 e. The van der Waals surface area contributed by atoms with Gasteiger partial charge >= 0.3 is 0 Å². The van der Waals surface area contributed by atoms with E-state index in [1.807, 2.05) is 0 Å². The number of rotatable bonds is 8. The molecule has 5 aliphatic heterocycles. The minimum Gasteiger partial charge on any atom is -0.394 e. The molecule has 4 aliphatic carbocycles. The zero-order chi connectivity index (χ0) is 44.2. The quantitative estimate of drug-likeness (QED) is 0.142. The van der Waals surface area contributed by atoms with Crippen LogP contribution in [0.3, 0.4) is 0 Å². The fourth-order valence-corrected chi connectivity index (χ4v) is 14.2. The molecule has 26 atom stereocenters. The lowest BCUT2D eigenvalue weighted by Gasteiger charge is -2.59. The van der Waals surface area contributed by atoms with Crippen molar-refractivity contribution in [3.63, 3.8) is 0 Å². The van der Waals surface area contributed by atoms with Gasteiger partial charge in [-0.1, -0.05) is 39.3 Å². The van der Waals surface area contributed by atoms with Crippen molar-refractivity contribution in [2.24, 2.45) is 46.3 Å². The zero-order valence-corrected chi connectivity index (χ0v) is 36.7. The lowest BCUT2D eigenvalue weighted by atomic mass is 9.47. The van der Waals surface area contributed by atoms with Crippen LogP contribution in [0.2, 0.25) is 0 Å². The third-order valence-corrected chi connectivity index (χ3v) is 17.9. The van der Waals surface area contributed by atoms with E-state index < -0.39 is 111 Å². The zero-order valence-electron chi connectivity index (χ0n) is 36.7. The van der Waals surface area contributed by atoms with Gasteiger partial charge in [0.25, 0.3) is 0 Å². The van der Waals surface area contributed by atoms with E-state index in [4.69, 9.17) is 33.2 Å². The van der Waals surface area contributed by atoms with Crippen LogP contribution in [-0.2, 0) is 33.2 Å². The van der Waals surface area contributed by atoms with E-state index in [0.717, 1.165) is 38.6 Å². The molecule has 0 aromatic heterocycles. The molecule has 9 aliphatic rings. The molecule has 0 bridgehead atoms. The Hall–Kier alpha value is -0.940. The van der Waals surface area contributed by atoms with E-state index >= 15 is 0 Å². The fraction of sp³-hybridized carbons (Fsp3) is 0.956. The molecule has 0 radical (unpaired) electrons. The Bertz CT molecular complexity index is 1610. The van der Waals surface area contributed by atoms with Crippen LogP contribution >= 0.6 is 0 Å². The smallest absolute Gasteiger partial charge is 0.187 e.